The molecule has 2 rings (SSSR count). The van der Waals surface area contributed by atoms with Gasteiger partial charge >= 0.3 is 0 Å². The van der Waals surface area contributed by atoms with Crippen LogP contribution >= 0.6 is 27.5 Å². The summed E-state index contributed by atoms with van der Waals surface area (Å²) in [6.45, 7) is 5.88. The van der Waals surface area contributed by atoms with Gasteiger partial charge in [0, 0.05) is 18.1 Å². The number of nitrogens with zero attached hydrogens (tertiary/aromatic N) is 2. The van der Waals surface area contributed by atoms with Gasteiger partial charge in [-0.3, -0.25) is 4.68 Å². The number of alkyl halides is 1. The fourth-order valence-corrected chi connectivity index (χ4v) is 3.19. The molecule has 114 valence electrons. The van der Waals surface area contributed by atoms with Gasteiger partial charge in [-0.2, -0.15) is 5.10 Å². The molecule has 21 heavy (non-hydrogen) atoms. The highest BCUT2D eigenvalue weighted by Gasteiger charge is 2.13. The van der Waals surface area contributed by atoms with Gasteiger partial charge in [-0.25, -0.2) is 0 Å². The highest BCUT2D eigenvalue weighted by molar-refractivity contribution is 9.10. The first-order valence-electron chi connectivity index (χ1n) is 7.32. The van der Waals surface area contributed by atoms with Crippen LogP contribution in [0.1, 0.15) is 30.8 Å². The molecule has 0 atom stereocenters. The van der Waals surface area contributed by atoms with E-state index in [0.717, 1.165) is 41.8 Å². The summed E-state index contributed by atoms with van der Waals surface area (Å²) in [6, 6.07) is 8.44. The standard InChI is InChI=1S/C16H21BrClN3/c1-3-14-16(17)15(21(4-2)20-14)11-19-13-7-5-12(6-8-13)9-10-18/h5-8,19H,3-4,9-11H2,1-2H3. The lowest BCUT2D eigenvalue weighted by Gasteiger charge is -2.09. The van der Waals surface area contributed by atoms with Gasteiger partial charge in [0.2, 0.25) is 0 Å². The molecule has 3 nitrogen and oxygen atoms in total. The fraction of sp³-hybridized carbons (Fsp3) is 0.438. The van der Waals surface area contributed by atoms with Crippen molar-refractivity contribution in [3.05, 3.63) is 45.7 Å². The van der Waals surface area contributed by atoms with Gasteiger partial charge in [-0.05, 0) is 53.4 Å². The van der Waals surface area contributed by atoms with Crippen molar-refractivity contribution in [1.82, 2.24) is 9.78 Å². The first kappa shape index (κ1) is 16.4. The Hall–Kier alpha value is -1.000. The van der Waals surface area contributed by atoms with Crippen molar-refractivity contribution in [1.29, 1.82) is 0 Å². The summed E-state index contributed by atoms with van der Waals surface area (Å²) < 4.78 is 3.18. The van der Waals surface area contributed by atoms with Crippen LogP contribution < -0.4 is 5.32 Å². The number of hydrogen-bond donors (Lipinski definition) is 1. The zero-order valence-electron chi connectivity index (χ0n) is 12.5. The molecule has 1 heterocycles. The second-order valence-corrected chi connectivity index (χ2v) is 6.04. The van der Waals surface area contributed by atoms with Crippen LogP contribution in [0.3, 0.4) is 0 Å². The molecule has 0 bridgehead atoms. The molecule has 0 radical (unpaired) electrons. The van der Waals surface area contributed by atoms with E-state index in [-0.39, 0.29) is 0 Å². The Labute approximate surface area is 139 Å². The predicted molar refractivity (Wildman–Crippen MR) is 93.2 cm³/mol. The maximum absolute atomic E-state index is 5.75. The van der Waals surface area contributed by atoms with Crippen LogP contribution in [0.15, 0.2) is 28.7 Å². The lowest BCUT2D eigenvalue weighted by molar-refractivity contribution is 0.619. The number of rotatable bonds is 7. The molecule has 0 fully saturated rings. The summed E-state index contributed by atoms with van der Waals surface area (Å²) >= 11 is 9.42. The van der Waals surface area contributed by atoms with Crippen molar-refractivity contribution in [3.8, 4) is 0 Å². The molecule has 0 spiro atoms. The molecular formula is C16H21BrClN3. The molecule has 0 amide bonds. The largest absolute Gasteiger partial charge is 0.379 e. The van der Waals surface area contributed by atoms with Crippen LogP contribution in [0.4, 0.5) is 5.69 Å². The van der Waals surface area contributed by atoms with E-state index in [9.17, 15) is 0 Å². The summed E-state index contributed by atoms with van der Waals surface area (Å²) in [6.07, 6.45) is 1.85. The summed E-state index contributed by atoms with van der Waals surface area (Å²) in [5.74, 6) is 0.662. The molecule has 0 aliphatic heterocycles. The van der Waals surface area contributed by atoms with E-state index in [1.54, 1.807) is 0 Å². The topological polar surface area (TPSA) is 29.9 Å². The van der Waals surface area contributed by atoms with Gasteiger partial charge in [-0.1, -0.05) is 19.1 Å². The predicted octanol–water partition coefficient (Wildman–Crippen LogP) is 4.62. The summed E-state index contributed by atoms with van der Waals surface area (Å²) in [7, 11) is 0. The molecule has 5 heteroatoms. The van der Waals surface area contributed by atoms with Gasteiger partial charge in [0.1, 0.15) is 0 Å². The van der Waals surface area contributed by atoms with Crippen molar-refractivity contribution < 1.29 is 0 Å². The van der Waals surface area contributed by atoms with E-state index in [0.29, 0.717) is 5.88 Å². The minimum absolute atomic E-state index is 0.662. The third-order valence-electron chi connectivity index (χ3n) is 3.49. The van der Waals surface area contributed by atoms with Gasteiger partial charge in [0.25, 0.3) is 0 Å². The van der Waals surface area contributed by atoms with Crippen LogP contribution in [-0.2, 0) is 25.9 Å². The van der Waals surface area contributed by atoms with E-state index in [1.807, 2.05) is 0 Å². The lowest BCUT2D eigenvalue weighted by Crippen LogP contribution is -2.08. The van der Waals surface area contributed by atoms with Gasteiger partial charge in [0.05, 0.1) is 22.4 Å². The van der Waals surface area contributed by atoms with Crippen LogP contribution in [0, 0.1) is 0 Å². The third-order valence-corrected chi connectivity index (χ3v) is 4.60. The minimum Gasteiger partial charge on any atom is -0.379 e. The molecule has 0 saturated carbocycles. The first-order chi connectivity index (χ1) is 10.2. The number of halogens is 2. The second-order valence-electron chi connectivity index (χ2n) is 4.87. The Bertz CT molecular complexity index is 578. The highest BCUT2D eigenvalue weighted by Crippen LogP contribution is 2.23. The maximum Gasteiger partial charge on any atom is 0.0767 e. The quantitative estimate of drug-likeness (QED) is 0.721. The Morgan fingerprint density at radius 3 is 2.52 bits per heavy atom. The van der Waals surface area contributed by atoms with Gasteiger partial charge in [-0.15, -0.1) is 11.6 Å². The number of hydrogen-bond acceptors (Lipinski definition) is 2. The molecule has 0 saturated heterocycles. The van der Waals surface area contributed by atoms with Crippen molar-refractivity contribution in [2.75, 3.05) is 11.2 Å². The summed E-state index contributed by atoms with van der Waals surface area (Å²) in [4.78, 5) is 0. The molecular weight excluding hydrogens is 350 g/mol. The number of anilines is 1. The zero-order chi connectivity index (χ0) is 15.2. The molecule has 0 aliphatic carbocycles. The lowest BCUT2D eigenvalue weighted by atomic mass is 10.1. The average molecular weight is 371 g/mol. The summed E-state index contributed by atoms with van der Waals surface area (Å²) in [5.41, 5.74) is 4.69. The Balaban J connectivity index is 2.07. The van der Waals surface area contributed by atoms with Crippen molar-refractivity contribution in [2.45, 2.75) is 39.8 Å². The fourth-order valence-electron chi connectivity index (χ4n) is 2.27. The Kier molecular flexibility index (Phi) is 6.12. The molecule has 1 aromatic carbocycles. The van der Waals surface area contributed by atoms with Gasteiger partial charge in [0.15, 0.2) is 0 Å². The van der Waals surface area contributed by atoms with Crippen molar-refractivity contribution in [3.63, 3.8) is 0 Å². The Morgan fingerprint density at radius 1 is 1.24 bits per heavy atom. The SMILES string of the molecule is CCc1nn(CC)c(CNc2ccc(CCCl)cc2)c1Br. The minimum atomic E-state index is 0.662. The highest BCUT2D eigenvalue weighted by atomic mass is 79.9. The second kappa shape index (κ2) is 7.85. The van der Waals surface area contributed by atoms with Crippen LogP contribution in [0.2, 0.25) is 0 Å². The average Bonchev–Trinajstić information content (AvgIpc) is 2.82. The zero-order valence-corrected chi connectivity index (χ0v) is 14.8. The maximum atomic E-state index is 5.75. The number of aryl methyl sites for hydroxylation is 3. The number of nitrogens with one attached hydrogen (secondary N) is 1. The van der Waals surface area contributed by atoms with E-state index in [1.165, 1.54) is 11.3 Å². The molecule has 1 aromatic heterocycles. The molecule has 0 aliphatic rings. The van der Waals surface area contributed by atoms with E-state index in [4.69, 9.17) is 11.6 Å². The van der Waals surface area contributed by atoms with Crippen LogP contribution in [-0.4, -0.2) is 15.7 Å². The third kappa shape index (κ3) is 4.01. The summed E-state index contributed by atoms with van der Waals surface area (Å²) in [5, 5.41) is 8.07. The van der Waals surface area contributed by atoms with Crippen molar-refractivity contribution >= 4 is 33.2 Å². The molecule has 2 aromatic rings. The number of aromatic nitrogens is 2. The molecule has 0 unspecified atom stereocenters. The Morgan fingerprint density at radius 2 is 1.95 bits per heavy atom. The van der Waals surface area contributed by atoms with E-state index >= 15 is 0 Å². The van der Waals surface area contributed by atoms with E-state index < -0.39 is 0 Å². The normalized spacial score (nSPS) is 10.9. The smallest absolute Gasteiger partial charge is 0.0767 e. The van der Waals surface area contributed by atoms with E-state index in [2.05, 4.69) is 69.1 Å². The molecule has 1 N–H and O–H groups in total. The first-order valence-corrected chi connectivity index (χ1v) is 8.65. The van der Waals surface area contributed by atoms with Crippen LogP contribution in [0.5, 0.6) is 0 Å². The van der Waals surface area contributed by atoms with Crippen LogP contribution in [0.25, 0.3) is 0 Å². The monoisotopic (exact) mass is 369 g/mol. The number of benzene rings is 1. The van der Waals surface area contributed by atoms with Crippen molar-refractivity contribution in [2.24, 2.45) is 0 Å². The van der Waals surface area contributed by atoms with Gasteiger partial charge < -0.3 is 5.32 Å².